The first-order valence-corrected chi connectivity index (χ1v) is 7.45. The van der Waals surface area contributed by atoms with Crippen LogP contribution in [0, 0.1) is 13.8 Å². The summed E-state index contributed by atoms with van der Waals surface area (Å²) in [6.07, 6.45) is 10.1. The predicted molar refractivity (Wildman–Crippen MR) is 81.8 cm³/mol. The molecular weight excluding hydrogens is 232 g/mol. The summed E-state index contributed by atoms with van der Waals surface area (Å²) in [7, 11) is 0. The van der Waals surface area contributed by atoms with Crippen LogP contribution in [0.3, 0.4) is 0 Å². The second-order valence-corrected chi connectivity index (χ2v) is 5.64. The molecule has 0 amide bonds. The van der Waals surface area contributed by atoms with Gasteiger partial charge in [0.1, 0.15) is 0 Å². The normalized spacial score (nSPS) is 21.1. The van der Waals surface area contributed by atoms with Crippen LogP contribution in [-0.4, -0.2) is 0 Å². The molecular formula is C17H26N2. The molecule has 0 saturated heterocycles. The van der Waals surface area contributed by atoms with Gasteiger partial charge in [0.15, 0.2) is 0 Å². The lowest BCUT2D eigenvalue weighted by Crippen LogP contribution is -2.30. The molecule has 2 nitrogen and oxygen atoms in total. The molecule has 0 heterocycles. The van der Waals surface area contributed by atoms with Gasteiger partial charge in [0, 0.05) is 0 Å². The number of hydrogen-bond donors (Lipinski definition) is 2. The Bertz CT molecular complexity index is 428. The van der Waals surface area contributed by atoms with Crippen LogP contribution in [0.4, 0.5) is 0 Å². The van der Waals surface area contributed by atoms with Crippen molar-refractivity contribution in [3.05, 3.63) is 46.5 Å². The van der Waals surface area contributed by atoms with E-state index in [1.165, 1.54) is 60.8 Å². The smallest absolute Gasteiger partial charge is 0.0675 e. The quantitative estimate of drug-likeness (QED) is 0.487. The summed E-state index contributed by atoms with van der Waals surface area (Å²) in [6, 6.07) is 6.65. The molecule has 0 saturated carbocycles. The molecule has 3 N–H and O–H groups in total. The van der Waals surface area contributed by atoms with Crippen molar-refractivity contribution < 1.29 is 0 Å². The fraction of sp³-hybridized carbons (Fsp3) is 0.529. The minimum Gasteiger partial charge on any atom is -0.271 e. The Morgan fingerprint density at radius 1 is 1.05 bits per heavy atom. The first kappa shape index (κ1) is 14.3. The molecule has 1 atom stereocenters. The molecule has 19 heavy (non-hydrogen) atoms. The zero-order chi connectivity index (χ0) is 13.7. The molecule has 2 heteroatoms. The monoisotopic (exact) mass is 258 g/mol. The van der Waals surface area contributed by atoms with Gasteiger partial charge >= 0.3 is 0 Å². The molecule has 1 aromatic carbocycles. The van der Waals surface area contributed by atoms with Crippen molar-refractivity contribution in [3.8, 4) is 0 Å². The van der Waals surface area contributed by atoms with E-state index >= 15 is 0 Å². The summed E-state index contributed by atoms with van der Waals surface area (Å²) in [5, 5.41) is 0. The SMILES string of the molecule is Cc1cccc(C)c1C(NN)/C1=C/CCCCCC1. The van der Waals surface area contributed by atoms with Gasteiger partial charge < -0.3 is 0 Å². The number of nitrogens with one attached hydrogen (secondary N) is 1. The van der Waals surface area contributed by atoms with Crippen molar-refractivity contribution in [1.29, 1.82) is 0 Å². The number of nitrogens with two attached hydrogens (primary N) is 1. The minimum atomic E-state index is 0.180. The Morgan fingerprint density at radius 2 is 1.74 bits per heavy atom. The Morgan fingerprint density at radius 3 is 2.42 bits per heavy atom. The topological polar surface area (TPSA) is 38.0 Å². The van der Waals surface area contributed by atoms with Crippen LogP contribution < -0.4 is 11.3 Å². The van der Waals surface area contributed by atoms with E-state index in [0.717, 1.165) is 0 Å². The van der Waals surface area contributed by atoms with Gasteiger partial charge in [-0.25, -0.2) is 5.43 Å². The highest BCUT2D eigenvalue weighted by atomic mass is 15.2. The number of rotatable bonds is 3. The van der Waals surface area contributed by atoms with Gasteiger partial charge in [-0.15, -0.1) is 0 Å². The van der Waals surface area contributed by atoms with Crippen LogP contribution in [0.2, 0.25) is 0 Å². The average molecular weight is 258 g/mol. The summed E-state index contributed by atoms with van der Waals surface area (Å²) in [4.78, 5) is 0. The van der Waals surface area contributed by atoms with Crippen molar-refractivity contribution in [3.63, 3.8) is 0 Å². The minimum absolute atomic E-state index is 0.180. The molecule has 104 valence electrons. The maximum Gasteiger partial charge on any atom is 0.0675 e. The van der Waals surface area contributed by atoms with Crippen LogP contribution in [0.25, 0.3) is 0 Å². The van der Waals surface area contributed by atoms with Crippen molar-refractivity contribution in [1.82, 2.24) is 5.43 Å². The number of hydrogen-bond acceptors (Lipinski definition) is 2. The number of aryl methyl sites for hydroxylation is 2. The van der Waals surface area contributed by atoms with Crippen molar-refractivity contribution in [2.75, 3.05) is 0 Å². The summed E-state index contributed by atoms with van der Waals surface area (Å²) in [6.45, 7) is 4.35. The van der Waals surface area contributed by atoms with Gasteiger partial charge in [-0.1, -0.05) is 42.7 Å². The van der Waals surface area contributed by atoms with Gasteiger partial charge in [0.2, 0.25) is 0 Å². The summed E-state index contributed by atoms with van der Waals surface area (Å²) < 4.78 is 0. The molecule has 0 radical (unpaired) electrons. The molecule has 0 aliphatic heterocycles. The standard InChI is InChI=1S/C17H26N2/c1-13-9-8-10-14(2)16(13)17(19-18)15-11-6-4-3-5-7-12-15/h8-11,17,19H,3-7,12,18H2,1-2H3/b15-11+. The van der Waals surface area contributed by atoms with Crippen molar-refractivity contribution in [2.45, 2.75) is 58.4 Å². The van der Waals surface area contributed by atoms with Gasteiger partial charge in [0.05, 0.1) is 6.04 Å². The summed E-state index contributed by atoms with van der Waals surface area (Å²) in [5.74, 6) is 5.87. The molecule has 1 unspecified atom stereocenters. The third-order valence-corrected chi connectivity index (χ3v) is 4.19. The van der Waals surface area contributed by atoms with Gasteiger partial charge in [0.25, 0.3) is 0 Å². The van der Waals surface area contributed by atoms with E-state index < -0.39 is 0 Å². The van der Waals surface area contributed by atoms with E-state index in [4.69, 9.17) is 5.84 Å². The van der Waals surface area contributed by atoms with Crippen LogP contribution >= 0.6 is 0 Å². The average Bonchev–Trinajstić information content (AvgIpc) is 2.35. The van der Waals surface area contributed by atoms with Gasteiger partial charge in [-0.2, -0.15) is 0 Å². The first-order chi connectivity index (χ1) is 9.24. The second kappa shape index (κ2) is 6.88. The molecule has 0 fully saturated rings. The summed E-state index contributed by atoms with van der Waals surface area (Å²) in [5.41, 5.74) is 8.53. The Kier molecular flexibility index (Phi) is 5.17. The van der Waals surface area contributed by atoms with E-state index in [9.17, 15) is 0 Å². The molecule has 0 spiro atoms. The highest BCUT2D eigenvalue weighted by Crippen LogP contribution is 2.31. The maximum atomic E-state index is 5.87. The molecule has 0 aromatic heterocycles. The van der Waals surface area contributed by atoms with Crippen LogP contribution in [0.1, 0.15) is 61.3 Å². The maximum absolute atomic E-state index is 5.87. The fourth-order valence-corrected chi connectivity index (χ4v) is 3.14. The fourth-order valence-electron chi connectivity index (χ4n) is 3.14. The van der Waals surface area contributed by atoms with E-state index in [1.807, 2.05) is 0 Å². The highest BCUT2D eigenvalue weighted by molar-refractivity contribution is 5.40. The van der Waals surface area contributed by atoms with Crippen molar-refractivity contribution >= 4 is 0 Å². The zero-order valence-electron chi connectivity index (χ0n) is 12.2. The van der Waals surface area contributed by atoms with Crippen LogP contribution in [0.15, 0.2) is 29.8 Å². The molecule has 1 aliphatic rings. The van der Waals surface area contributed by atoms with Gasteiger partial charge in [-0.3, -0.25) is 5.84 Å². The number of hydrazine groups is 1. The predicted octanol–water partition coefficient (Wildman–Crippen LogP) is 4.09. The molecule has 0 bridgehead atoms. The zero-order valence-corrected chi connectivity index (χ0v) is 12.2. The highest BCUT2D eigenvalue weighted by Gasteiger charge is 2.19. The van der Waals surface area contributed by atoms with Gasteiger partial charge in [-0.05, 0) is 56.2 Å². The largest absolute Gasteiger partial charge is 0.271 e. The van der Waals surface area contributed by atoms with Crippen molar-refractivity contribution in [2.24, 2.45) is 5.84 Å². The Balaban J connectivity index is 2.32. The molecule has 1 aromatic rings. The molecule has 1 aliphatic carbocycles. The third-order valence-electron chi connectivity index (χ3n) is 4.19. The van der Waals surface area contributed by atoms with Crippen LogP contribution in [-0.2, 0) is 0 Å². The van der Waals surface area contributed by atoms with E-state index in [0.29, 0.717) is 0 Å². The Hall–Kier alpha value is -1.12. The number of allylic oxidation sites excluding steroid dienone is 1. The van der Waals surface area contributed by atoms with Crippen LogP contribution in [0.5, 0.6) is 0 Å². The summed E-state index contributed by atoms with van der Waals surface area (Å²) >= 11 is 0. The lowest BCUT2D eigenvalue weighted by Gasteiger charge is -2.25. The van der Waals surface area contributed by atoms with E-state index in [1.54, 1.807) is 0 Å². The lowest BCUT2D eigenvalue weighted by molar-refractivity contribution is 0.552. The van der Waals surface area contributed by atoms with E-state index in [-0.39, 0.29) is 6.04 Å². The third kappa shape index (κ3) is 3.46. The number of benzene rings is 1. The second-order valence-electron chi connectivity index (χ2n) is 5.64. The van der Waals surface area contributed by atoms with E-state index in [2.05, 4.69) is 43.5 Å². The first-order valence-electron chi connectivity index (χ1n) is 7.45. The lowest BCUT2D eigenvalue weighted by atomic mass is 9.87. The Labute approximate surface area is 117 Å². The molecule has 2 rings (SSSR count).